The minimum atomic E-state index is -1.16. The van der Waals surface area contributed by atoms with Gasteiger partial charge in [0.2, 0.25) is 0 Å². The van der Waals surface area contributed by atoms with Gasteiger partial charge in [-0.1, -0.05) is 12.1 Å². The normalized spacial score (nSPS) is 10.7. The Morgan fingerprint density at radius 1 is 1.24 bits per heavy atom. The van der Waals surface area contributed by atoms with Crippen LogP contribution in [0, 0.1) is 10.1 Å². The van der Waals surface area contributed by atoms with Gasteiger partial charge in [0, 0.05) is 12.3 Å². The van der Waals surface area contributed by atoms with Gasteiger partial charge in [0.05, 0.1) is 16.1 Å². The molecular weight excluding hydrogens is 276 g/mol. The molecule has 0 spiro atoms. The Labute approximate surface area is 119 Å². The van der Waals surface area contributed by atoms with E-state index in [0.29, 0.717) is 0 Å². The lowest BCUT2D eigenvalue weighted by Crippen LogP contribution is -1.95. The van der Waals surface area contributed by atoms with Crippen molar-refractivity contribution in [1.29, 1.82) is 0 Å². The standard InChI is InChI=1S/C14H10N2O5/c17-13-6-5-9(14(18)19)7-11(13)15-8-10-3-1-2-4-12(10)16(20)21/h1-8,17H,(H,18,19). The van der Waals surface area contributed by atoms with E-state index in [-0.39, 0.29) is 28.3 Å². The third kappa shape index (κ3) is 3.21. The molecule has 0 aliphatic heterocycles. The second-order valence-corrected chi connectivity index (χ2v) is 4.08. The largest absolute Gasteiger partial charge is 0.506 e. The summed E-state index contributed by atoms with van der Waals surface area (Å²) in [5.41, 5.74) is 0.105. The van der Waals surface area contributed by atoms with Crippen molar-refractivity contribution in [3.8, 4) is 5.75 Å². The van der Waals surface area contributed by atoms with Gasteiger partial charge >= 0.3 is 5.97 Å². The monoisotopic (exact) mass is 286 g/mol. The van der Waals surface area contributed by atoms with Crippen LogP contribution >= 0.6 is 0 Å². The number of para-hydroxylation sites is 1. The highest BCUT2D eigenvalue weighted by molar-refractivity contribution is 5.91. The highest BCUT2D eigenvalue weighted by Crippen LogP contribution is 2.27. The first kappa shape index (κ1) is 14.2. The van der Waals surface area contributed by atoms with Gasteiger partial charge in [-0.3, -0.25) is 15.1 Å². The molecule has 0 amide bonds. The van der Waals surface area contributed by atoms with Crippen LogP contribution in [0.25, 0.3) is 0 Å². The van der Waals surface area contributed by atoms with Crippen molar-refractivity contribution in [2.75, 3.05) is 0 Å². The smallest absolute Gasteiger partial charge is 0.335 e. The lowest BCUT2D eigenvalue weighted by Gasteiger charge is -2.01. The predicted octanol–water partition coefficient (Wildman–Crippen LogP) is 2.75. The van der Waals surface area contributed by atoms with E-state index < -0.39 is 10.9 Å². The van der Waals surface area contributed by atoms with Crippen molar-refractivity contribution in [2.45, 2.75) is 0 Å². The molecule has 2 rings (SSSR count). The number of phenolic OH excluding ortho intramolecular Hbond substituents is 1. The number of hydrogen-bond donors (Lipinski definition) is 2. The molecule has 2 aromatic carbocycles. The first-order chi connectivity index (χ1) is 9.99. The predicted molar refractivity (Wildman–Crippen MR) is 75.4 cm³/mol. The Morgan fingerprint density at radius 3 is 2.62 bits per heavy atom. The van der Waals surface area contributed by atoms with Gasteiger partial charge in [-0.2, -0.15) is 0 Å². The number of aromatic carboxylic acids is 1. The molecule has 0 fully saturated rings. The SMILES string of the molecule is O=C(O)c1ccc(O)c(N=Cc2ccccc2[N+](=O)[O-])c1. The van der Waals surface area contributed by atoms with Crippen molar-refractivity contribution in [3.63, 3.8) is 0 Å². The minimum absolute atomic E-state index is 0.0213. The van der Waals surface area contributed by atoms with Crippen LogP contribution in [0.5, 0.6) is 5.75 Å². The number of rotatable bonds is 4. The number of phenols is 1. The molecule has 2 aromatic rings. The second-order valence-electron chi connectivity index (χ2n) is 4.08. The van der Waals surface area contributed by atoms with Crippen LogP contribution in [0.2, 0.25) is 0 Å². The average Bonchev–Trinajstić information content (AvgIpc) is 2.46. The van der Waals surface area contributed by atoms with Gasteiger partial charge in [0.1, 0.15) is 11.4 Å². The summed E-state index contributed by atoms with van der Waals surface area (Å²) in [6, 6.07) is 9.59. The van der Waals surface area contributed by atoms with Gasteiger partial charge in [-0.05, 0) is 24.3 Å². The van der Waals surface area contributed by atoms with Crippen LogP contribution in [-0.4, -0.2) is 27.3 Å². The van der Waals surface area contributed by atoms with E-state index in [9.17, 15) is 20.0 Å². The minimum Gasteiger partial charge on any atom is -0.506 e. The summed E-state index contributed by atoms with van der Waals surface area (Å²) in [6.07, 6.45) is 1.21. The molecule has 0 unspecified atom stereocenters. The Morgan fingerprint density at radius 2 is 1.95 bits per heavy atom. The van der Waals surface area contributed by atoms with Crippen LogP contribution in [0.4, 0.5) is 11.4 Å². The fourth-order valence-electron chi connectivity index (χ4n) is 1.66. The molecular formula is C14H10N2O5. The number of aliphatic imine (C=N–C) groups is 1. The summed E-state index contributed by atoms with van der Waals surface area (Å²) < 4.78 is 0. The maximum Gasteiger partial charge on any atom is 0.335 e. The number of nitro benzene ring substituents is 1. The summed E-state index contributed by atoms with van der Waals surface area (Å²) in [5, 5.41) is 29.4. The fraction of sp³-hybridized carbons (Fsp3) is 0. The van der Waals surface area contributed by atoms with Crippen molar-refractivity contribution in [2.24, 2.45) is 4.99 Å². The number of carboxylic acids is 1. The van der Waals surface area contributed by atoms with Gasteiger partial charge < -0.3 is 10.2 Å². The fourth-order valence-corrected chi connectivity index (χ4v) is 1.66. The van der Waals surface area contributed by atoms with Gasteiger partial charge in [0.25, 0.3) is 5.69 Å². The quantitative estimate of drug-likeness (QED) is 0.509. The number of benzene rings is 2. The van der Waals surface area contributed by atoms with Crippen molar-refractivity contribution >= 4 is 23.6 Å². The molecule has 0 aliphatic rings. The first-order valence-electron chi connectivity index (χ1n) is 5.83. The van der Waals surface area contributed by atoms with Crippen molar-refractivity contribution < 1.29 is 19.9 Å². The zero-order chi connectivity index (χ0) is 15.4. The van der Waals surface area contributed by atoms with E-state index in [0.717, 1.165) is 0 Å². The molecule has 0 saturated carbocycles. The van der Waals surface area contributed by atoms with Crippen molar-refractivity contribution in [1.82, 2.24) is 0 Å². The molecule has 7 heteroatoms. The Bertz CT molecular complexity index is 740. The Hall–Kier alpha value is -3.22. The zero-order valence-corrected chi connectivity index (χ0v) is 10.6. The van der Waals surface area contributed by atoms with E-state index in [2.05, 4.69) is 4.99 Å². The topological polar surface area (TPSA) is 113 Å². The van der Waals surface area contributed by atoms with Gasteiger partial charge in [0.15, 0.2) is 0 Å². The highest BCUT2D eigenvalue weighted by Gasteiger charge is 2.11. The summed E-state index contributed by atoms with van der Waals surface area (Å²) in [7, 11) is 0. The molecule has 0 heterocycles. The number of nitrogens with zero attached hydrogens (tertiary/aromatic N) is 2. The first-order valence-corrected chi connectivity index (χ1v) is 5.83. The molecule has 21 heavy (non-hydrogen) atoms. The van der Waals surface area contributed by atoms with Gasteiger partial charge in [-0.25, -0.2) is 4.79 Å². The van der Waals surface area contributed by atoms with E-state index >= 15 is 0 Å². The van der Waals surface area contributed by atoms with Crippen LogP contribution < -0.4 is 0 Å². The van der Waals surface area contributed by atoms with E-state index in [1.165, 1.54) is 42.6 Å². The van der Waals surface area contributed by atoms with E-state index in [1.54, 1.807) is 6.07 Å². The van der Waals surface area contributed by atoms with Crippen molar-refractivity contribution in [3.05, 3.63) is 63.7 Å². The summed E-state index contributed by atoms with van der Waals surface area (Å²) in [4.78, 5) is 25.1. The summed E-state index contributed by atoms with van der Waals surface area (Å²) >= 11 is 0. The average molecular weight is 286 g/mol. The number of nitro groups is 1. The maximum atomic E-state index is 10.9. The Kier molecular flexibility index (Phi) is 3.94. The molecule has 0 atom stereocenters. The molecule has 106 valence electrons. The molecule has 0 aliphatic carbocycles. The molecule has 0 radical (unpaired) electrons. The van der Waals surface area contributed by atoms with Crippen LogP contribution in [0.3, 0.4) is 0 Å². The number of aromatic hydroxyl groups is 1. The zero-order valence-electron chi connectivity index (χ0n) is 10.6. The van der Waals surface area contributed by atoms with Crippen LogP contribution in [0.15, 0.2) is 47.5 Å². The molecule has 0 saturated heterocycles. The molecule has 7 nitrogen and oxygen atoms in total. The summed E-state index contributed by atoms with van der Waals surface area (Å²) in [5.74, 6) is -1.37. The maximum absolute atomic E-state index is 10.9. The van der Waals surface area contributed by atoms with Crippen LogP contribution in [-0.2, 0) is 0 Å². The highest BCUT2D eigenvalue weighted by atomic mass is 16.6. The number of carbonyl (C=O) groups is 1. The third-order valence-corrected chi connectivity index (χ3v) is 2.70. The molecule has 0 bridgehead atoms. The second kappa shape index (κ2) is 5.83. The number of carboxylic acid groups (broad SMARTS) is 1. The number of hydrogen-bond acceptors (Lipinski definition) is 5. The third-order valence-electron chi connectivity index (χ3n) is 2.70. The Balaban J connectivity index is 2.40. The van der Waals surface area contributed by atoms with Crippen LogP contribution in [0.1, 0.15) is 15.9 Å². The molecule has 0 aromatic heterocycles. The summed E-state index contributed by atoms with van der Waals surface area (Å²) in [6.45, 7) is 0. The lowest BCUT2D eigenvalue weighted by atomic mass is 10.2. The van der Waals surface area contributed by atoms with E-state index in [4.69, 9.17) is 5.11 Å². The molecule has 2 N–H and O–H groups in total. The van der Waals surface area contributed by atoms with E-state index in [1.807, 2.05) is 0 Å². The lowest BCUT2D eigenvalue weighted by molar-refractivity contribution is -0.385. The van der Waals surface area contributed by atoms with Gasteiger partial charge in [-0.15, -0.1) is 0 Å².